The first-order valence-electron chi connectivity index (χ1n) is 13.5. The summed E-state index contributed by atoms with van der Waals surface area (Å²) in [6.07, 6.45) is 5.05. The minimum atomic E-state index is -0.891. The van der Waals surface area contributed by atoms with Crippen molar-refractivity contribution in [2.75, 3.05) is 6.54 Å². The molecule has 9 heteroatoms. The highest BCUT2D eigenvalue weighted by molar-refractivity contribution is 6.36. The van der Waals surface area contributed by atoms with Gasteiger partial charge in [-0.3, -0.25) is 24.1 Å². The van der Waals surface area contributed by atoms with Crippen molar-refractivity contribution < 1.29 is 19.2 Å². The van der Waals surface area contributed by atoms with Crippen molar-refractivity contribution in [3.8, 4) is 0 Å². The third kappa shape index (κ3) is 6.94. The zero-order chi connectivity index (χ0) is 29.0. The first-order valence-corrected chi connectivity index (χ1v) is 14.3. The molecule has 2 aromatic carbocycles. The van der Waals surface area contributed by atoms with E-state index >= 15 is 0 Å². The lowest BCUT2D eigenvalue weighted by Gasteiger charge is -2.34. The van der Waals surface area contributed by atoms with Crippen molar-refractivity contribution in [2.45, 2.75) is 64.6 Å². The third-order valence-electron chi connectivity index (χ3n) is 7.31. The predicted molar refractivity (Wildman–Crippen MR) is 156 cm³/mol. The molecule has 4 rings (SSSR count). The number of rotatable bonds is 9. The topological polar surface area (TPSA) is 86.8 Å². The Bertz CT molecular complexity index is 1260. The Morgan fingerprint density at radius 1 is 0.950 bits per heavy atom. The first kappa shape index (κ1) is 29.8. The lowest BCUT2D eigenvalue weighted by molar-refractivity contribution is -0.144. The number of nitrogens with zero attached hydrogens (tertiary/aromatic N) is 2. The molecular formula is C31H35Cl2N3O4. The lowest BCUT2D eigenvalue weighted by atomic mass is 9.85. The van der Waals surface area contributed by atoms with Gasteiger partial charge in [0.25, 0.3) is 0 Å². The number of hydrogen-bond acceptors (Lipinski definition) is 4. The molecule has 4 amide bonds. The first-order chi connectivity index (χ1) is 19.0. The highest BCUT2D eigenvalue weighted by Gasteiger charge is 2.47. The monoisotopic (exact) mass is 583 g/mol. The number of nitrogens with one attached hydrogen (secondary N) is 1. The number of carbonyl (C=O) groups is 4. The van der Waals surface area contributed by atoms with Crippen LogP contribution >= 0.6 is 23.2 Å². The molecule has 2 aromatic rings. The average Bonchev–Trinajstić information content (AvgIpc) is 3.15. The summed E-state index contributed by atoms with van der Waals surface area (Å²) in [7, 11) is 0. The molecule has 212 valence electrons. The standard InChI is InChI=1S/C31H35Cl2N3O4/c1-31(2,3)34-28(38)26(18-20-10-5-4-6-11-20)36(19-23-24(32)14-9-15-25(23)33)27(37)16-17-35-29(39)21-12-7-8-13-22(21)30(35)40/h4-11,14-15,21-22,26H,12-13,16-19H2,1-3H3,(H,34,38)/t21-,22+,26-/m0/s1. The molecule has 1 aliphatic carbocycles. The maximum Gasteiger partial charge on any atom is 0.243 e. The van der Waals surface area contributed by atoms with Gasteiger partial charge in [-0.15, -0.1) is 0 Å². The fraction of sp³-hybridized carbons (Fsp3) is 0.419. The molecule has 1 heterocycles. The Balaban J connectivity index is 1.64. The van der Waals surface area contributed by atoms with Crippen LogP contribution in [0.5, 0.6) is 0 Å². The average molecular weight is 585 g/mol. The molecule has 40 heavy (non-hydrogen) atoms. The van der Waals surface area contributed by atoms with Crippen LogP contribution in [-0.4, -0.2) is 51.6 Å². The molecule has 1 saturated heterocycles. The minimum Gasteiger partial charge on any atom is -0.350 e. The van der Waals surface area contributed by atoms with E-state index in [2.05, 4.69) is 5.32 Å². The normalized spacial score (nSPS) is 19.4. The molecule has 0 saturated carbocycles. The second-order valence-corrected chi connectivity index (χ2v) is 12.2. The van der Waals surface area contributed by atoms with Gasteiger partial charge in [-0.25, -0.2) is 0 Å². The summed E-state index contributed by atoms with van der Waals surface area (Å²) in [6, 6.07) is 13.6. The number of benzene rings is 2. The molecular weight excluding hydrogens is 549 g/mol. The number of likely N-dealkylation sites (tertiary alicyclic amines) is 1. The quantitative estimate of drug-likeness (QED) is 0.325. The second kappa shape index (κ2) is 12.6. The number of halogens is 2. The van der Waals surface area contributed by atoms with Gasteiger partial charge in [-0.2, -0.15) is 0 Å². The van der Waals surface area contributed by atoms with E-state index in [4.69, 9.17) is 23.2 Å². The fourth-order valence-electron chi connectivity index (χ4n) is 5.30. The largest absolute Gasteiger partial charge is 0.350 e. The van der Waals surface area contributed by atoms with Crippen LogP contribution in [0.2, 0.25) is 10.0 Å². The summed E-state index contributed by atoms with van der Waals surface area (Å²) >= 11 is 13.0. The van der Waals surface area contributed by atoms with E-state index in [1.165, 1.54) is 9.80 Å². The molecule has 1 fully saturated rings. The minimum absolute atomic E-state index is 0.0105. The predicted octanol–water partition coefficient (Wildman–Crippen LogP) is 5.19. The van der Waals surface area contributed by atoms with E-state index in [0.29, 0.717) is 28.5 Å². The number of hydrogen-bond donors (Lipinski definition) is 1. The van der Waals surface area contributed by atoms with Crippen molar-refractivity contribution in [3.05, 3.63) is 81.9 Å². The third-order valence-corrected chi connectivity index (χ3v) is 8.02. The highest BCUT2D eigenvalue weighted by Crippen LogP contribution is 2.35. The summed E-state index contributed by atoms with van der Waals surface area (Å²) in [5, 5.41) is 3.76. The molecule has 0 bridgehead atoms. The number of fused-ring (bicyclic) bond motifs is 1. The van der Waals surface area contributed by atoms with Crippen molar-refractivity contribution in [2.24, 2.45) is 11.8 Å². The van der Waals surface area contributed by atoms with Gasteiger partial charge >= 0.3 is 0 Å². The molecule has 1 aliphatic heterocycles. The summed E-state index contributed by atoms with van der Waals surface area (Å²) in [5.74, 6) is -1.91. The summed E-state index contributed by atoms with van der Waals surface area (Å²) in [5.41, 5.74) is 0.855. The van der Waals surface area contributed by atoms with Crippen LogP contribution in [0.15, 0.2) is 60.7 Å². The van der Waals surface area contributed by atoms with Crippen molar-refractivity contribution in [1.82, 2.24) is 15.1 Å². The summed E-state index contributed by atoms with van der Waals surface area (Å²) in [4.78, 5) is 56.3. The number of carbonyl (C=O) groups excluding carboxylic acids is 4. The van der Waals surface area contributed by atoms with E-state index < -0.39 is 11.6 Å². The molecule has 0 spiro atoms. The van der Waals surface area contributed by atoms with Crippen LogP contribution in [0.3, 0.4) is 0 Å². The SMILES string of the molecule is CC(C)(C)NC(=O)[C@H](Cc1ccccc1)N(Cc1c(Cl)cccc1Cl)C(=O)CCN1C(=O)[C@H]2CC=CC[C@H]2C1=O. The molecule has 3 atom stereocenters. The van der Waals surface area contributed by atoms with Crippen molar-refractivity contribution in [3.63, 3.8) is 0 Å². The van der Waals surface area contributed by atoms with Crippen LogP contribution in [0, 0.1) is 11.8 Å². The Morgan fingerprint density at radius 2 is 1.52 bits per heavy atom. The van der Waals surface area contributed by atoms with Gasteiger partial charge in [0.1, 0.15) is 6.04 Å². The van der Waals surface area contributed by atoms with Gasteiger partial charge in [-0.05, 0) is 51.3 Å². The number of amides is 4. The lowest BCUT2D eigenvalue weighted by Crippen LogP contribution is -2.54. The van der Waals surface area contributed by atoms with E-state index in [1.54, 1.807) is 18.2 Å². The van der Waals surface area contributed by atoms with E-state index in [0.717, 1.165) is 5.56 Å². The zero-order valence-electron chi connectivity index (χ0n) is 23.0. The van der Waals surface area contributed by atoms with Gasteiger partial charge in [0, 0.05) is 47.1 Å². The summed E-state index contributed by atoms with van der Waals surface area (Å²) in [6.45, 7) is 5.57. The Labute approximate surface area is 245 Å². The van der Waals surface area contributed by atoms with Crippen LogP contribution in [0.1, 0.15) is 51.2 Å². The van der Waals surface area contributed by atoms with Gasteiger partial charge in [0.05, 0.1) is 11.8 Å². The van der Waals surface area contributed by atoms with Gasteiger partial charge in [0.15, 0.2) is 0 Å². The highest BCUT2D eigenvalue weighted by atomic mass is 35.5. The van der Waals surface area contributed by atoms with Crippen molar-refractivity contribution in [1.29, 1.82) is 0 Å². The maximum absolute atomic E-state index is 14.0. The maximum atomic E-state index is 14.0. The van der Waals surface area contributed by atoms with Gasteiger partial charge in [0.2, 0.25) is 23.6 Å². The zero-order valence-corrected chi connectivity index (χ0v) is 24.5. The van der Waals surface area contributed by atoms with Crippen molar-refractivity contribution >= 4 is 46.8 Å². The van der Waals surface area contributed by atoms with Gasteiger partial charge in [-0.1, -0.05) is 71.8 Å². The molecule has 0 radical (unpaired) electrons. The van der Waals surface area contributed by atoms with Crippen LogP contribution in [0.4, 0.5) is 0 Å². The van der Waals surface area contributed by atoms with E-state index in [-0.39, 0.29) is 61.4 Å². The number of allylic oxidation sites excluding steroid dienone is 2. The molecule has 1 N–H and O–H groups in total. The van der Waals surface area contributed by atoms with E-state index in [9.17, 15) is 19.2 Å². The van der Waals surface area contributed by atoms with Crippen LogP contribution in [0.25, 0.3) is 0 Å². The van der Waals surface area contributed by atoms with E-state index in [1.807, 2.05) is 63.3 Å². The smallest absolute Gasteiger partial charge is 0.243 e. The fourth-order valence-corrected chi connectivity index (χ4v) is 5.82. The molecule has 2 aliphatic rings. The molecule has 7 nitrogen and oxygen atoms in total. The van der Waals surface area contributed by atoms with Gasteiger partial charge < -0.3 is 10.2 Å². The number of imide groups is 1. The van der Waals surface area contributed by atoms with Crippen LogP contribution < -0.4 is 5.32 Å². The Kier molecular flexibility index (Phi) is 9.37. The molecule has 0 aromatic heterocycles. The molecule has 0 unspecified atom stereocenters. The Hall–Kier alpha value is -3.16. The second-order valence-electron chi connectivity index (χ2n) is 11.4. The summed E-state index contributed by atoms with van der Waals surface area (Å²) < 4.78 is 0. The van der Waals surface area contributed by atoms with Crippen LogP contribution in [-0.2, 0) is 32.1 Å². The Morgan fingerprint density at radius 3 is 2.08 bits per heavy atom.